The second kappa shape index (κ2) is 7.34. The van der Waals surface area contributed by atoms with Gasteiger partial charge < -0.3 is 30.8 Å². The van der Waals surface area contributed by atoms with E-state index in [2.05, 4.69) is 35.8 Å². The molecule has 0 amide bonds. The number of aliphatic imine (C=N–C) groups is 1. The molecule has 0 spiro atoms. The monoisotopic (exact) mass is 467 g/mol. The normalized spacial score (nSPS) is 23.8. The number of halogens is 2. The van der Waals surface area contributed by atoms with Gasteiger partial charge in [-0.3, -0.25) is 0 Å². The minimum absolute atomic E-state index is 0.0299. The van der Waals surface area contributed by atoms with E-state index in [1.807, 2.05) is 4.90 Å². The van der Waals surface area contributed by atoms with E-state index < -0.39 is 17.7 Å². The zero-order valence-corrected chi connectivity index (χ0v) is 18.3. The highest BCUT2D eigenvalue weighted by Crippen LogP contribution is 2.47. The van der Waals surface area contributed by atoms with Crippen molar-refractivity contribution in [2.24, 2.45) is 16.6 Å². The van der Waals surface area contributed by atoms with Crippen molar-refractivity contribution in [1.29, 1.82) is 0 Å². The molecule has 2 fully saturated rings. The number of hydrogen-bond acceptors (Lipinski definition) is 8. The topological polar surface area (TPSA) is 139 Å². The van der Waals surface area contributed by atoms with Gasteiger partial charge in [-0.2, -0.15) is 9.97 Å². The Balaban J connectivity index is 1.54. The van der Waals surface area contributed by atoms with Crippen molar-refractivity contribution < 1.29 is 18.6 Å². The van der Waals surface area contributed by atoms with Crippen LogP contribution in [0.2, 0.25) is 0 Å². The Kier molecular flexibility index (Phi) is 4.48. The summed E-state index contributed by atoms with van der Waals surface area (Å²) in [5, 5.41) is 12.9. The Morgan fingerprint density at radius 2 is 2.21 bits per heavy atom. The van der Waals surface area contributed by atoms with Crippen LogP contribution in [0.3, 0.4) is 0 Å². The molecule has 1 saturated carbocycles. The lowest BCUT2D eigenvalue weighted by molar-refractivity contribution is 0.121. The maximum absolute atomic E-state index is 15.1. The molecule has 1 aromatic carbocycles. The van der Waals surface area contributed by atoms with Gasteiger partial charge in [-0.15, -0.1) is 4.67 Å². The fourth-order valence-electron chi connectivity index (χ4n) is 4.75. The SMILES string of the molecule is CNc1cc(F)c(F)c2c1[nH]c1nc(OC3=C=[N+]=C(C(C)O)N=C3)nc(N3CC4C(N)CC43)c12. The maximum Gasteiger partial charge on any atom is 0.429 e. The predicted molar refractivity (Wildman–Crippen MR) is 125 cm³/mol. The van der Waals surface area contributed by atoms with Crippen molar-refractivity contribution in [1.82, 2.24) is 19.6 Å². The van der Waals surface area contributed by atoms with Gasteiger partial charge in [0.1, 0.15) is 11.5 Å². The number of rotatable bonds is 5. The van der Waals surface area contributed by atoms with Gasteiger partial charge in [0.05, 0.1) is 22.0 Å². The average Bonchev–Trinajstić information content (AvgIpc) is 3.19. The third-order valence-electron chi connectivity index (χ3n) is 6.66. The first kappa shape index (κ1) is 20.8. The van der Waals surface area contributed by atoms with Gasteiger partial charge >= 0.3 is 11.8 Å². The molecule has 1 aliphatic carbocycles. The molecular weight excluding hydrogens is 446 g/mol. The highest BCUT2D eigenvalue weighted by molar-refractivity contribution is 6.15. The summed E-state index contributed by atoms with van der Waals surface area (Å²) in [4.78, 5) is 18.1. The van der Waals surface area contributed by atoms with E-state index in [4.69, 9.17) is 10.5 Å². The van der Waals surface area contributed by atoms with Crippen LogP contribution in [-0.4, -0.2) is 69.8 Å². The summed E-state index contributed by atoms with van der Waals surface area (Å²) in [6.45, 7) is 2.19. The molecule has 4 heterocycles. The molecule has 10 nitrogen and oxygen atoms in total. The lowest BCUT2D eigenvalue weighted by Gasteiger charge is -2.59. The second-order valence-electron chi connectivity index (χ2n) is 8.66. The third-order valence-corrected chi connectivity index (χ3v) is 6.66. The second-order valence-corrected chi connectivity index (χ2v) is 8.66. The number of piperidine rings is 1. The molecule has 2 aliphatic heterocycles. The molecule has 0 radical (unpaired) electrons. The fraction of sp³-hybridized carbons (Fsp3) is 0.364. The molecular formula is C22H21F2N8O2+. The molecule has 12 heteroatoms. The number of nitrogens with zero attached hydrogens (tertiary/aromatic N) is 5. The number of hydrogen-bond donors (Lipinski definition) is 4. The van der Waals surface area contributed by atoms with Crippen molar-refractivity contribution >= 4 is 51.4 Å². The van der Waals surface area contributed by atoms with Crippen LogP contribution in [0.25, 0.3) is 21.9 Å². The van der Waals surface area contributed by atoms with Crippen LogP contribution in [0.15, 0.2) is 16.8 Å². The number of aliphatic hydroxyl groups is 1. The summed E-state index contributed by atoms with van der Waals surface area (Å²) in [5.41, 5.74) is 7.16. The first-order valence-electron chi connectivity index (χ1n) is 10.9. The predicted octanol–water partition coefficient (Wildman–Crippen LogP) is 0.830. The van der Waals surface area contributed by atoms with E-state index in [1.54, 1.807) is 7.05 Å². The largest absolute Gasteiger partial charge is 0.429 e. The number of nitrogens with one attached hydrogen (secondary N) is 2. The van der Waals surface area contributed by atoms with Gasteiger partial charge in [-0.05, 0) is 18.3 Å². The molecule has 4 unspecified atom stereocenters. The minimum Gasteiger partial charge on any atom is -0.406 e. The highest BCUT2D eigenvalue weighted by atomic mass is 19.2. The Morgan fingerprint density at radius 1 is 1.38 bits per heavy atom. The zero-order chi connectivity index (χ0) is 23.7. The van der Waals surface area contributed by atoms with Crippen LogP contribution in [-0.2, 0) is 0 Å². The van der Waals surface area contributed by atoms with Crippen LogP contribution in [0.1, 0.15) is 13.3 Å². The van der Waals surface area contributed by atoms with E-state index in [9.17, 15) is 9.50 Å². The Labute approximate surface area is 191 Å². The lowest BCUT2D eigenvalue weighted by atomic mass is 9.67. The molecule has 4 atom stereocenters. The number of aromatic nitrogens is 3. The van der Waals surface area contributed by atoms with Crippen LogP contribution in [0.4, 0.5) is 20.3 Å². The van der Waals surface area contributed by atoms with Gasteiger partial charge in [-0.25, -0.2) is 8.78 Å². The molecule has 174 valence electrons. The summed E-state index contributed by atoms with van der Waals surface area (Å²) < 4.78 is 39.2. The van der Waals surface area contributed by atoms with Crippen molar-refractivity contribution in [2.45, 2.75) is 31.5 Å². The number of anilines is 2. The Morgan fingerprint density at radius 3 is 2.82 bits per heavy atom. The van der Waals surface area contributed by atoms with E-state index >= 15 is 4.39 Å². The summed E-state index contributed by atoms with van der Waals surface area (Å²) >= 11 is 0. The first-order chi connectivity index (χ1) is 16.4. The molecule has 0 bridgehead atoms. The average molecular weight is 467 g/mol. The number of aromatic amines is 1. The third kappa shape index (κ3) is 2.94. The van der Waals surface area contributed by atoms with Crippen LogP contribution in [0.5, 0.6) is 6.01 Å². The van der Waals surface area contributed by atoms with Crippen LogP contribution >= 0.6 is 0 Å². The molecule has 1 saturated heterocycles. The van der Waals surface area contributed by atoms with Crippen molar-refractivity contribution in [3.05, 3.63) is 23.5 Å². The standard InChI is InChI=1S/C22H21F2N8O2/c1-8(33)19-27-5-9(6-28-19)34-22-30-20-16(21(31-22)32-7-10-12(25)4-14(10)32)15-17(24)11(23)3-13(26-2)18(15)29-20/h3,5,8,10,12,14,26,33H,4,7,25H2,1-2H3,(H,29,30,31)/q+1. The molecule has 5 N–H and O–H groups in total. The number of benzene rings is 1. The fourth-order valence-corrected chi connectivity index (χ4v) is 4.75. The lowest BCUT2D eigenvalue weighted by Crippen LogP contribution is -2.71. The van der Waals surface area contributed by atoms with E-state index in [0.29, 0.717) is 40.5 Å². The van der Waals surface area contributed by atoms with Crippen molar-refractivity contribution in [3.8, 4) is 6.01 Å². The van der Waals surface area contributed by atoms with Crippen molar-refractivity contribution in [2.75, 3.05) is 23.8 Å². The number of allylic oxidation sites excluding steroid dienone is 1. The number of fused-ring (bicyclic) bond motifs is 4. The maximum atomic E-state index is 15.1. The number of amidine groups is 1. The first-order valence-corrected chi connectivity index (χ1v) is 10.9. The van der Waals surface area contributed by atoms with E-state index in [0.717, 1.165) is 12.5 Å². The number of ether oxygens (including phenoxy) is 1. The van der Waals surface area contributed by atoms with E-state index in [1.165, 1.54) is 13.1 Å². The Hall–Kier alpha value is -3.82. The van der Waals surface area contributed by atoms with Gasteiger partial charge in [0.15, 0.2) is 24.0 Å². The number of aliphatic hydroxyl groups excluding tert-OH is 1. The van der Waals surface area contributed by atoms with E-state index in [-0.39, 0.29) is 35.1 Å². The number of nitrogens with two attached hydrogens (primary N) is 1. The smallest absolute Gasteiger partial charge is 0.406 e. The summed E-state index contributed by atoms with van der Waals surface area (Å²) in [5.74, 6) is 1.82. The highest BCUT2D eigenvalue weighted by Gasteiger charge is 2.52. The zero-order valence-electron chi connectivity index (χ0n) is 18.3. The summed E-state index contributed by atoms with van der Waals surface area (Å²) in [7, 11) is 1.63. The van der Waals surface area contributed by atoms with Crippen molar-refractivity contribution in [3.63, 3.8) is 0 Å². The van der Waals surface area contributed by atoms with Gasteiger partial charge in [0.2, 0.25) is 5.87 Å². The molecule has 2 aromatic heterocycles. The minimum atomic E-state index is -0.975. The molecule has 3 aliphatic rings. The quantitative estimate of drug-likeness (QED) is 0.408. The van der Waals surface area contributed by atoms with Gasteiger partial charge in [0, 0.05) is 37.7 Å². The number of H-pyrrole nitrogens is 1. The summed E-state index contributed by atoms with van der Waals surface area (Å²) in [6.07, 6.45) is 1.29. The summed E-state index contributed by atoms with van der Waals surface area (Å²) in [6, 6.07) is 1.36. The van der Waals surface area contributed by atoms with Crippen LogP contribution in [0, 0.1) is 17.6 Å². The Bertz CT molecular complexity index is 1500. The van der Waals surface area contributed by atoms with Crippen LogP contribution < -0.4 is 25.4 Å². The van der Waals surface area contributed by atoms with Gasteiger partial charge in [0.25, 0.3) is 5.76 Å². The molecule has 6 rings (SSSR count). The van der Waals surface area contributed by atoms with Gasteiger partial charge in [-0.1, -0.05) is 0 Å². The molecule has 34 heavy (non-hydrogen) atoms. The molecule has 3 aromatic rings.